The van der Waals surface area contributed by atoms with Gasteiger partial charge in [-0.15, -0.1) is 0 Å². The summed E-state index contributed by atoms with van der Waals surface area (Å²) in [7, 11) is 0. The fourth-order valence-corrected chi connectivity index (χ4v) is 3.46. The van der Waals surface area contributed by atoms with E-state index in [1.807, 2.05) is 35.2 Å². The molecule has 1 amide bonds. The van der Waals surface area contributed by atoms with Gasteiger partial charge >= 0.3 is 0 Å². The second-order valence-corrected chi connectivity index (χ2v) is 6.03. The Hall–Kier alpha value is -2.55. The van der Waals surface area contributed by atoms with Crippen molar-refractivity contribution >= 4 is 22.5 Å². The number of carbonyl (C=O) groups is 1. The van der Waals surface area contributed by atoms with Crippen LogP contribution in [-0.4, -0.2) is 17.4 Å². The van der Waals surface area contributed by atoms with Crippen LogP contribution in [0.5, 0.6) is 0 Å². The molecule has 1 aliphatic heterocycles. The molecule has 110 valence electrons. The summed E-state index contributed by atoms with van der Waals surface area (Å²) in [5.41, 5.74) is 6.41. The topological polar surface area (TPSA) is 36.1 Å². The van der Waals surface area contributed by atoms with Crippen molar-refractivity contribution in [2.45, 2.75) is 20.3 Å². The first-order chi connectivity index (χ1) is 10.6. The van der Waals surface area contributed by atoms with Crippen molar-refractivity contribution in [1.82, 2.24) is 4.98 Å². The van der Waals surface area contributed by atoms with E-state index < -0.39 is 0 Å². The van der Waals surface area contributed by atoms with Gasteiger partial charge in [-0.05, 0) is 49.6 Å². The van der Waals surface area contributed by atoms with E-state index in [1.165, 1.54) is 22.1 Å². The predicted molar refractivity (Wildman–Crippen MR) is 89.6 cm³/mol. The van der Waals surface area contributed by atoms with Crippen LogP contribution >= 0.6 is 0 Å². The van der Waals surface area contributed by atoms with Crippen molar-refractivity contribution in [2.24, 2.45) is 0 Å². The Morgan fingerprint density at radius 2 is 1.86 bits per heavy atom. The molecule has 0 saturated heterocycles. The molecule has 2 heterocycles. The maximum atomic E-state index is 12.9. The van der Waals surface area contributed by atoms with Crippen molar-refractivity contribution in [1.29, 1.82) is 0 Å². The Kier molecular flexibility index (Phi) is 2.83. The normalized spacial score (nSPS) is 14.5. The first-order valence-electron chi connectivity index (χ1n) is 7.64. The molecular weight excluding hydrogens is 272 g/mol. The van der Waals surface area contributed by atoms with Crippen molar-refractivity contribution in [2.75, 3.05) is 11.4 Å². The van der Waals surface area contributed by atoms with Crippen LogP contribution in [0.4, 0.5) is 5.69 Å². The van der Waals surface area contributed by atoms with Gasteiger partial charge in [-0.3, -0.25) is 4.79 Å². The number of aryl methyl sites for hydroxylation is 2. The molecule has 0 saturated carbocycles. The molecule has 0 aliphatic carbocycles. The summed E-state index contributed by atoms with van der Waals surface area (Å²) >= 11 is 0. The van der Waals surface area contributed by atoms with Gasteiger partial charge in [-0.25, -0.2) is 0 Å². The van der Waals surface area contributed by atoms with Gasteiger partial charge in [0.1, 0.15) is 5.69 Å². The van der Waals surface area contributed by atoms with Crippen LogP contribution in [0, 0.1) is 13.8 Å². The van der Waals surface area contributed by atoms with Gasteiger partial charge in [0.05, 0.1) is 0 Å². The average Bonchev–Trinajstić information content (AvgIpc) is 2.89. The summed E-state index contributed by atoms with van der Waals surface area (Å²) in [6, 6.07) is 14.2. The van der Waals surface area contributed by atoms with Gasteiger partial charge in [0.2, 0.25) is 0 Å². The first-order valence-corrected chi connectivity index (χ1v) is 7.64. The summed E-state index contributed by atoms with van der Waals surface area (Å²) in [6.07, 6.45) is 0.888. The van der Waals surface area contributed by atoms with Crippen LogP contribution in [0.25, 0.3) is 10.9 Å². The summed E-state index contributed by atoms with van der Waals surface area (Å²) in [5, 5.41) is 1.20. The maximum Gasteiger partial charge on any atom is 0.275 e. The zero-order valence-electron chi connectivity index (χ0n) is 12.8. The lowest BCUT2D eigenvalue weighted by molar-refractivity contribution is 0.0976. The molecule has 0 radical (unpaired) electrons. The van der Waals surface area contributed by atoms with Gasteiger partial charge in [0.15, 0.2) is 0 Å². The monoisotopic (exact) mass is 290 g/mol. The minimum absolute atomic E-state index is 0.0701. The number of hydrogen-bond acceptors (Lipinski definition) is 1. The Labute approximate surface area is 129 Å². The minimum atomic E-state index is 0.0701. The Balaban J connectivity index is 1.86. The SMILES string of the molecule is Cc1cc(C)c2[nH]c3c(c2c1)CCN(c1ccccc1)C3=O. The molecule has 3 nitrogen and oxygen atoms in total. The number of aromatic amines is 1. The number of amides is 1. The third-order valence-corrected chi connectivity index (χ3v) is 4.47. The molecular formula is C19H18N2O. The lowest BCUT2D eigenvalue weighted by Gasteiger charge is -2.26. The van der Waals surface area contributed by atoms with Gasteiger partial charge in [0.25, 0.3) is 5.91 Å². The van der Waals surface area contributed by atoms with Crippen LogP contribution in [-0.2, 0) is 6.42 Å². The number of carbonyl (C=O) groups excluding carboxylic acids is 1. The summed E-state index contributed by atoms with van der Waals surface area (Å²) in [6.45, 7) is 4.93. The number of anilines is 1. The lowest BCUT2D eigenvalue weighted by atomic mass is 10.00. The third kappa shape index (κ3) is 1.86. The largest absolute Gasteiger partial charge is 0.350 e. The molecule has 0 fully saturated rings. The molecule has 1 N–H and O–H groups in total. The Morgan fingerprint density at radius 1 is 1.09 bits per heavy atom. The number of fused-ring (bicyclic) bond motifs is 3. The summed E-state index contributed by atoms with van der Waals surface area (Å²) in [5.74, 6) is 0.0701. The molecule has 22 heavy (non-hydrogen) atoms. The van der Waals surface area contributed by atoms with Crippen LogP contribution in [0.1, 0.15) is 27.2 Å². The van der Waals surface area contributed by atoms with Crippen molar-refractivity contribution in [3.8, 4) is 0 Å². The third-order valence-electron chi connectivity index (χ3n) is 4.47. The molecule has 1 aliphatic rings. The van der Waals surface area contributed by atoms with E-state index in [1.54, 1.807) is 0 Å². The lowest BCUT2D eigenvalue weighted by Crippen LogP contribution is -2.37. The van der Waals surface area contributed by atoms with Gasteiger partial charge in [-0.1, -0.05) is 29.8 Å². The highest BCUT2D eigenvalue weighted by atomic mass is 16.2. The van der Waals surface area contributed by atoms with Crippen LogP contribution in [0.3, 0.4) is 0 Å². The van der Waals surface area contributed by atoms with Crippen molar-refractivity contribution in [3.05, 3.63) is 64.8 Å². The maximum absolute atomic E-state index is 12.9. The highest BCUT2D eigenvalue weighted by Gasteiger charge is 2.29. The number of hydrogen-bond donors (Lipinski definition) is 1. The van der Waals surface area contributed by atoms with Crippen LogP contribution < -0.4 is 4.90 Å². The number of para-hydroxylation sites is 1. The van der Waals surface area contributed by atoms with E-state index in [9.17, 15) is 4.79 Å². The van der Waals surface area contributed by atoms with E-state index in [4.69, 9.17) is 0 Å². The fourth-order valence-electron chi connectivity index (χ4n) is 3.46. The number of H-pyrrole nitrogens is 1. The minimum Gasteiger partial charge on any atom is -0.350 e. The van der Waals surface area contributed by atoms with E-state index in [-0.39, 0.29) is 5.91 Å². The standard InChI is InChI=1S/C19H18N2O/c1-12-10-13(2)17-16(11-12)15-8-9-21(19(22)18(15)20-17)14-6-4-3-5-7-14/h3-7,10-11,20H,8-9H2,1-2H3. The smallest absolute Gasteiger partial charge is 0.275 e. The predicted octanol–water partition coefficient (Wildman–Crippen LogP) is 3.99. The highest BCUT2D eigenvalue weighted by Crippen LogP contribution is 2.32. The zero-order chi connectivity index (χ0) is 15.3. The number of aromatic nitrogens is 1. The van der Waals surface area contributed by atoms with Crippen molar-refractivity contribution < 1.29 is 4.79 Å². The van der Waals surface area contributed by atoms with E-state index in [2.05, 4.69) is 31.0 Å². The van der Waals surface area contributed by atoms with E-state index in [0.29, 0.717) is 0 Å². The number of nitrogens with zero attached hydrogens (tertiary/aromatic N) is 1. The van der Waals surface area contributed by atoms with E-state index >= 15 is 0 Å². The first kappa shape index (κ1) is 13.1. The summed E-state index contributed by atoms with van der Waals surface area (Å²) < 4.78 is 0. The molecule has 0 atom stereocenters. The second kappa shape index (κ2) is 4.73. The summed E-state index contributed by atoms with van der Waals surface area (Å²) in [4.78, 5) is 18.1. The van der Waals surface area contributed by atoms with Gasteiger partial charge in [0, 0.05) is 23.1 Å². The molecule has 3 heteroatoms. The van der Waals surface area contributed by atoms with Gasteiger partial charge < -0.3 is 9.88 Å². The van der Waals surface area contributed by atoms with Crippen LogP contribution in [0.15, 0.2) is 42.5 Å². The molecule has 4 rings (SSSR count). The average molecular weight is 290 g/mol. The van der Waals surface area contributed by atoms with Crippen molar-refractivity contribution in [3.63, 3.8) is 0 Å². The molecule has 0 spiro atoms. The second-order valence-electron chi connectivity index (χ2n) is 6.03. The molecule has 1 aromatic heterocycles. The van der Waals surface area contributed by atoms with Gasteiger partial charge in [-0.2, -0.15) is 0 Å². The quantitative estimate of drug-likeness (QED) is 0.723. The van der Waals surface area contributed by atoms with Crippen LogP contribution in [0.2, 0.25) is 0 Å². The molecule has 0 bridgehead atoms. The number of nitrogens with one attached hydrogen (secondary N) is 1. The highest BCUT2D eigenvalue weighted by molar-refractivity contribution is 6.11. The Morgan fingerprint density at radius 3 is 2.64 bits per heavy atom. The molecule has 3 aromatic rings. The number of rotatable bonds is 1. The zero-order valence-corrected chi connectivity index (χ0v) is 12.8. The van der Waals surface area contributed by atoms with E-state index in [0.717, 1.165) is 29.9 Å². The number of benzene rings is 2. The molecule has 0 unspecified atom stereocenters. The Bertz CT molecular complexity index is 877. The molecule has 2 aromatic carbocycles. The fraction of sp³-hybridized carbons (Fsp3) is 0.211.